The first kappa shape index (κ1) is 11.3. The normalized spacial score (nSPS) is 18.0. The zero-order chi connectivity index (χ0) is 12.5. The lowest BCUT2D eigenvalue weighted by Crippen LogP contribution is -2.17. The van der Waals surface area contributed by atoms with Crippen LogP contribution in [0.2, 0.25) is 0 Å². The Labute approximate surface area is 107 Å². The minimum atomic E-state index is -0.124. The average Bonchev–Trinajstić information content (AvgIpc) is 2.41. The second-order valence-electron chi connectivity index (χ2n) is 4.86. The Morgan fingerprint density at radius 1 is 1.17 bits per heavy atom. The molecule has 18 heavy (non-hydrogen) atoms. The van der Waals surface area contributed by atoms with Gasteiger partial charge < -0.3 is 5.32 Å². The number of nitrogens with one attached hydrogen (secondary N) is 1. The van der Waals surface area contributed by atoms with E-state index >= 15 is 0 Å². The first-order chi connectivity index (χ1) is 8.75. The lowest BCUT2D eigenvalue weighted by Gasteiger charge is -2.27. The third kappa shape index (κ3) is 1.88. The highest BCUT2D eigenvalue weighted by Gasteiger charge is 2.21. The van der Waals surface area contributed by atoms with Gasteiger partial charge in [0.2, 0.25) is 0 Å². The van der Waals surface area contributed by atoms with Gasteiger partial charge in [0.25, 0.3) is 0 Å². The van der Waals surface area contributed by atoms with Crippen molar-refractivity contribution in [1.29, 1.82) is 0 Å². The van der Waals surface area contributed by atoms with Crippen LogP contribution in [0.1, 0.15) is 29.0 Å². The highest BCUT2D eigenvalue weighted by molar-refractivity contribution is 5.57. The highest BCUT2D eigenvalue weighted by Crippen LogP contribution is 2.36. The van der Waals surface area contributed by atoms with Gasteiger partial charge in [-0.2, -0.15) is 0 Å². The molecule has 2 heteroatoms. The maximum absolute atomic E-state index is 13.3. The molecule has 0 aromatic heterocycles. The molecule has 1 N–H and O–H groups in total. The minimum Gasteiger partial charge on any atom is -0.385 e. The van der Waals surface area contributed by atoms with Gasteiger partial charge in [0.1, 0.15) is 5.82 Å². The van der Waals surface area contributed by atoms with Crippen LogP contribution in [-0.4, -0.2) is 6.54 Å². The third-order valence-corrected chi connectivity index (χ3v) is 3.67. The number of aryl methyl sites for hydroxylation is 1. The largest absolute Gasteiger partial charge is 0.385 e. The molecule has 1 aliphatic rings. The van der Waals surface area contributed by atoms with E-state index in [2.05, 4.69) is 23.5 Å². The summed E-state index contributed by atoms with van der Waals surface area (Å²) in [5, 5.41) is 3.41. The molecule has 0 spiro atoms. The number of benzene rings is 2. The van der Waals surface area contributed by atoms with Crippen LogP contribution >= 0.6 is 0 Å². The van der Waals surface area contributed by atoms with Crippen molar-refractivity contribution < 1.29 is 4.39 Å². The Kier molecular flexibility index (Phi) is 2.78. The molecule has 2 aromatic carbocycles. The van der Waals surface area contributed by atoms with Crippen molar-refractivity contribution in [2.24, 2.45) is 0 Å². The third-order valence-electron chi connectivity index (χ3n) is 3.67. The number of hydrogen-bond donors (Lipinski definition) is 1. The van der Waals surface area contributed by atoms with Gasteiger partial charge in [0, 0.05) is 18.2 Å². The van der Waals surface area contributed by atoms with Crippen molar-refractivity contribution in [3.8, 4) is 0 Å². The van der Waals surface area contributed by atoms with Crippen LogP contribution in [0.15, 0.2) is 42.5 Å². The number of rotatable bonds is 1. The van der Waals surface area contributed by atoms with Crippen molar-refractivity contribution in [3.05, 3.63) is 65.0 Å². The summed E-state index contributed by atoms with van der Waals surface area (Å²) in [5.41, 5.74) is 4.46. The van der Waals surface area contributed by atoms with E-state index in [-0.39, 0.29) is 5.82 Å². The van der Waals surface area contributed by atoms with E-state index in [0.717, 1.165) is 18.5 Å². The van der Waals surface area contributed by atoms with E-state index in [1.54, 1.807) is 6.07 Å². The molecule has 92 valence electrons. The quantitative estimate of drug-likeness (QED) is 0.793. The van der Waals surface area contributed by atoms with Crippen molar-refractivity contribution in [3.63, 3.8) is 0 Å². The highest BCUT2D eigenvalue weighted by atomic mass is 19.1. The van der Waals surface area contributed by atoms with E-state index in [0.29, 0.717) is 5.92 Å². The molecule has 3 rings (SSSR count). The van der Waals surface area contributed by atoms with Crippen LogP contribution < -0.4 is 5.32 Å². The van der Waals surface area contributed by atoms with Crippen molar-refractivity contribution >= 4 is 5.69 Å². The van der Waals surface area contributed by atoms with Gasteiger partial charge in [-0.3, -0.25) is 0 Å². The van der Waals surface area contributed by atoms with E-state index in [1.807, 2.05) is 25.1 Å². The van der Waals surface area contributed by atoms with Crippen LogP contribution in [0.5, 0.6) is 0 Å². The Morgan fingerprint density at radius 2 is 2.00 bits per heavy atom. The van der Waals surface area contributed by atoms with Gasteiger partial charge in [-0.1, -0.05) is 30.3 Å². The topological polar surface area (TPSA) is 12.0 Å². The summed E-state index contributed by atoms with van der Waals surface area (Å²) in [7, 11) is 0. The molecular weight excluding hydrogens is 225 g/mol. The summed E-state index contributed by atoms with van der Waals surface area (Å²) in [6, 6.07) is 13.8. The number of fused-ring (bicyclic) bond motifs is 1. The monoisotopic (exact) mass is 241 g/mol. The molecule has 1 atom stereocenters. The summed E-state index contributed by atoms with van der Waals surface area (Å²) in [6.07, 6.45) is 1.06. The molecular formula is C16H16FN. The van der Waals surface area contributed by atoms with Crippen LogP contribution in [0.4, 0.5) is 10.1 Å². The number of para-hydroxylation sites is 1. The first-order valence-electron chi connectivity index (χ1n) is 6.34. The minimum absolute atomic E-state index is 0.124. The maximum Gasteiger partial charge on any atom is 0.126 e. The summed E-state index contributed by atoms with van der Waals surface area (Å²) in [6.45, 7) is 2.80. The van der Waals surface area contributed by atoms with Gasteiger partial charge in [-0.05, 0) is 42.2 Å². The zero-order valence-electron chi connectivity index (χ0n) is 10.4. The summed E-state index contributed by atoms with van der Waals surface area (Å²) in [4.78, 5) is 0. The first-order valence-corrected chi connectivity index (χ1v) is 6.34. The lowest BCUT2D eigenvalue weighted by molar-refractivity contribution is 0.615. The fraction of sp³-hybridized carbons (Fsp3) is 0.250. The van der Waals surface area contributed by atoms with E-state index in [9.17, 15) is 4.39 Å². The summed E-state index contributed by atoms with van der Waals surface area (Å²) >= 11 is 0. The van der Waals surface area contributed by atoms with Gasteiger partial charge in [-0.15, -0.1) is 0 Å². The molecule has 0 radical (unpaired) electrons. The molecule has 1 aliphatic heterocycles. The zero-order valence-corrected chi connectivity index (χ0v) is 10.4. The predicted molar refractivity (Wildman–Crippen MR) is 72.5 cm³/mol. The lowest BCUT2D eigenvalue weighted by atomic mass is 9.84. The van der Waals surface area contributed by atoms with Crippen molar-refractivity contribution in [2.45, 2.75) is 19.3 Å². The summed E-state index contributed by atoms with van der Waals surface area (Å²) < 4.78 is 13.3. The molecule has 0 fully saturated rings. The maximum atomic E-state index is 13.3. The molecule has 1 nitrogen and oxygen atoms in total. The second kappa shape index (κ2) is 4.45. The fourth-order valence-corrected chi connectivity index (χ4v) is 2.70. The Bertz CT molecular complexity index is 577. The molecule has 1 unspecified atom stereocenters. The molecule has 0 aliphatic carbocycles. The number of anilines is 1. The van der Waals surface area contributed by atoms with Crippen molar-refractivity contribution in [1.82, 2.24) is 0 Å². The second-order valence-corrected chi connectivity index (χ2v) is 4.86. The average molecular weight is 241 g/mol. The van der Waals surface area contributed by atoms with Crippen molar-refractivity contribution in [2.75, 3.05) is 11.9 Å². The molecule has 0 saturated carbocycles. The Hall–Kier alpha value is -1.83. The number of halogens is 1. The van der Waals surface area contributed by atoms with Crippen LogP contribution in [0.3, 0.4) is 0 Å². The van der Waals surface area contributed by atoms with Crippen LogP contribution in [-0.2, 0) is 0 Å². The van der Waals surface area contributed by atoms with Crippen LogP contribution in [0, 0.1) is 12.7 Å². The predicted octanol–water partition coefficient (Wildman–Crippen LogP) is 4.08. The molecule has 0 bridgehead atoms. The molecule has 0 amide bonds. The number of hydrogen-bond acceptors (Lipinski definition) is 1. The molecule has 0 saturated heterocycles. The Balaban J connectivity index is 2.05. The smallest absolute Gasteiger partial charge is 0.126 e. The van der Waals surface area contributed by atoms with Gasteiger partial charge in [0.15, 0.2) is 0 Å². The summed E-state index contributed by atoms with van der Waals surface area (Å²) in [5.74, 6) is 0.253. The van der Waals surface area contributed by atoms with E-state index in [4.69, 9.17) is 0 Å². The van der Waals surface area contributed by atoms with Gasteiger partial charge in [-0.25, -0.2) is 4.39 Å². The standard InChI is InChI=1S/C16H16FN/c1-11-10-12(6-7-15(11)17)13-8-9-18-16-5-3-2-4-14(13)16/h2-7,10,13,18H,8-9H2,1H3. The fourth-order valence-electron chi connectivity index (χ4n) is 2.70. The van der Waals surface area contributed by atoms with E-state index < -0.39 is 0 Å². The van der Waals surface area contributed by atoms with Gasteiger partial charge in [0.05, 0.1) is 0 Å². The molecule has 1 heterocycles. The van der Waals surface area contributed by atoms with E-state index in [1.165, 1.54) is 16.8 Å². The van der Waals surface area contributed by atoms with Gasteiger partial charge >= 0.3 is 0 Å². The molecule has 2 aromatic rings. The van der Waals surface area contributed by atoms with Crippen LogP contribution in [0.25, 0.3) is 0 Å². The Morgan fingerprint density at radius 3 is 2.83 bits per heavy atom. The SMILES string of the molecule is Cc1cc(C2CCNc3ccccc32)ccc1F.